The van der Waals surface area contributed by atoms with Crippen LogP contribution in [0, 0.1) is 5.82 Å². The van der Waals surface area contributed by atoms with Crippen molar-refractivity contribution in [3.8, 4) is 11.3 Å². The summed E-state index contributed by atoms with van der Waals surface area (Å²) in [5.41, 5.74) is -0.235. The van der Waals surface area contributed by atoms with Crippen molar-refractivity contribution in [3.05, 3.63) is 82.3 Å². The van der Waals surface area contributed by atoms with Crippen molar-refractivity contribution in [2.45, 2.75) is 19.1 Å². The molecule has 0 saturated heterocycles. The molecule has 14 heteroatoms. The zero-order valence-electron chi connectivity index (χ0n) is 18.2. The summed E-state index contributed by atoms with van der Waals surface area (Å²) in [5, 5.41) is 5.26. The Morgan fingerprint density at radius 1 is 1.03 bits per heavy atom. The van der Waals surface area contributed by atoms with Gasteiger partial charge in [0.15, 0.2) is 5.82 Å². The van der Waals surface area contributed by atoms with Crippen LogP contribution >= 0.6 is 11.3 Å². The largest absolute Gasteiger partial charge is 0.419 e. The lowest BCUT2D eigenvalue weighted by atomic mass is 10.2. The maximum absolute atomic E-state index is 13.4. The number of anilines is 1. The number of rotatable bonds is 6. The second-order valence-electron chi connectivity index (χ2n) is 7.29. The minimum absolute atomic E-state index is 0.0479. The summed E-state index contributed by atoms with van der Waals surface area (Å²) in [6.45, 7) is 1.64. The molecule has 0 radical (unpaired) electrons. The van der Waals surface area contributed by atoms with Crippen molar-refractivity contribution in [2.75, 3.05) is 5.32 Å². The van der Waals surface area contributed by atoms with Gasteiger partial charge in [-0.2, -0.15) is 13.2 Å². The summed E-state index contributed by atoms with van der Waals surface area (Å²) in [5.74, 6) is -3.33. The van der Waals surface area contributed by atoms with E-state index in [9.17, 15) is 27.2 Å². The van der Waals surface area contributed by atoms with E-state index in [-0.39, 0.29) is 10.6 Å². The topological polar surface area (TPSA) is 123 Å². The summed E-state index contributed by atoms with van der Waals surface area (Å²) in [6.07, 6.45) is 1.10. The van der Waals surface area contributed by atoms with E-state index in [1.165, 1.54) is 18.6 Å². The van der Waals surface area contributed by atoms with Gasteiger partial charge in [-0.3, -0.25) is 14.6 Å². The maximum Gasteiger partial charge on any atom is 0.419 e. The third-order valence-electron chi connectivity index (χ3n) is 4.72. The number of hydrogen-bond acceptors (Lipinski definition) is 8. The molecule has 184 valence electrons. The van der Waals surface area contributed by atoms with Crippen LogP contribution in [-0.4, -0.2) is 36.7 Å². The summed E-state index contributed by atoms with van der Waals surface area (Å²) in [7, 11) is 0. The van der Waals surface area contributed by atoms with Crippen LogP contribution in [0.5, 0.6) is 0 Å². The molecule has 36 heavy (non-hydrogen) atoms. The number of carbonyl (C=O) groups is 2. The molecule has 0 spiro atoms. The van der Waals surface area contributed by atoms with Gasteiger partial charge in [0.1, 0.15) is 27.7 Å². The number of hydrogen-bond donors (Lipinski definition) is 2. The first kappa shape index (κ1) is 24.8. The third-order valence-corrected chi connectivity index (χ3v) is 5.90. The van der Waals surface area contributed by atoms with Crippen molar-refractivity contribution in [1.82, 2.24) is 30.2 Å². The first-order valence-corrected chi connectivity index (χ1v) is 11.0. The maximum atomic E-state index is 13.4. The number of thiazole rings is 1. The zero-order chi connectivity index (χ0) is 25.9. The van der Waals surface area contributed by atoms with Crippen LogP contribution in [0.2, 0.25) is 0 Å². The van der Waals surface area contributed by atoms with Crippen molar-refractivity contribution in [1.29, 1.82) is 0 Å². The fourth-order valence-electron chi connectivity index (χ4n) is 2.98. The molecule has 4 heterocycles. The molecule has 0 bridgehead atoms. The molecule has 0 aromatic carbocycles. The zero-order valence-corrected chi connectivity index (χ0v) is 19.1. The predicted molar refractivity (Wildman–Crippen MR) is 120 cm³/mol. The van der Waals surface area contributed by atoms with Gasteiger partial charge < -0.3 is 10.6 Å². The highest BCUT2D eigenvalue weighted by atomic mass is 32.1. The Kier molecular flexibility index (Phi) is 6.96. The fourth-order valence-corrected chi connectivity index (χ4v) is 3.80. The molecule has 0 saturated carbocycles. The molecule has 0 aliphatic heterocycles. The molecule has 4 aromatic heterocycles. The van der Waals surface area contributed by atoms with Gasteiger partial charge in [0.25, 0.3) is 11.8 Å². The van der Waals surface area contributed by atoms with Gasteiger partial charge in [-0.05, 0) is 31.2 Å². The average molecular weight is 517 g/mol. The average Bonchev–Trinajstić information content (AvgIpc) is 3.36. The van der Waals surface area contributed by atoms with E-state index in [1.807, 2.05) is 0 Å². The number of pyridine rings is 2. The number of nitrogens with zero attached hydrogens (tertiary/aromatic N) is 5. The second kappa shape index (κ2) is 10.1. The first-order chi connectivity index (χ1) is 17.1. The minimum Gasteiger partial charge on any atom is -0.342 e. The molecular formula is C22H15F4N7O2S. The van der Waals surface area contributed by atoms with E-state index in [0.29, 0.717) is 28.5 Å². The van der Waals surface area contributed by atoms with Gasteiger partial charge in [-0.25, -0.2) is 24.3 Å². The van der Waals surface area contributed by atoms with E-state index in [4.69, 9.17) is 0 Å². The molecule has 2 amide bonds. The lowest BCUT2D eigenvalue weighted by Crippen LogP contribution is -2.27. The standard InChI is InChI=1S/C22H15F4N7O2S/c1-11(32-19(34)16-6-15(30-10-31-16)12-3-2-4-27-7-12)21-29-9-17(36-21)20(35)33-18-5-13(22(24,25)26)14(23)8-28-18/h2-11H,1H3,(H,32,34)(H,28,33,35). The Balaban J connectivity index is 1.43. The fraction of sp³-hybridized carbons (Fsp3) is 0.136. The van der Waals surface area contributed by atoms with Crippen molar-refractivity contribution in [3.63, 3.8) is 0 Å². The Morgan fingerprint density at radius 2 is 1.83 bits per heavy atom. The third kappa shape index (κ3) is 5.66. The molecule has 4 aromatic rings. The number of aromatic nitrogens is 5. The Morgan fingerprint density at radius 3 is 2.56 bits per heavy atom. The van der Waals surface area contributed by atoms with Gasteiger partial charge in [0.2, 0.25) is 0 Å². The Bertz CT molecular complexity index is 1410. The molecular weight excluding hydrogens is 502 g/mol. The number of alkyl halides is 3. The normalized spacial score (nSPS) is 12.1. The predicted octanol–water partition coefficient (Wildman–Crippen LogP) is 4.29. The van der Waals surface area contributed by atoms with E-state index < -0.39 is 41.2 Å². The molecule has 0 aliphatic rings. The summed E-state index contributed by atoms with van der Waals surface area (Å²) < 4.78 is 52.1. The SMILES string of the molecule is CC(NC(=O)c1cc(-c2cccnc2)ncn1)c1ncc(C(=O)Nc2cc(C(F)(F)F)c(F)cn2)s1. The van der Waals surface area contributed by atoms with Gasteiger partial charge in [0.05, 0.1) is 29.7 Å². The summed E-state index contributed by atoms with van der Waals surface area (Å²) in [6, 6.07) is 4.80. The summed E-state index contributed by atoms with van der Waals surface area (Å²) in [4.78, 5) is 44.9. The molecule has 1 unspecified atom stereocenters. The lowest BCUT2D eigenvalue weighted by molar-refractivity contribution is -0.140. The minimum atomic E-state index is -4.94. The highest BCUT2D eigenvalue weighted by molar-refractivity contribution is 7.13. The number of halogens is 4. The molecule has 9 nitrogen and oxygen atoms in total. The van der Waals surface area contributed by atoms with Crippen LogP contribution in [0.1, 0.15) is 43.7 Å². The molecule has 2 N–H and O–H groups in total. The molecule has 0 fully saturated rings. The first-order valence-electron chi connectivity index (χ1n) is 10.1. The highest BCUT2D eigenvalue weighted by Gasteiger charge is 2.35. The lowest BCUT2D eigenvalue weighted by Gasteiger charge is -2.11. The smallest absolute Gasteiger partial charge is 0.342 e. The van der Waals surface area contributed by atoms with Gasteiger partial charge in [-0.1, -0.05) is 0 Å². The van der Waals surface area contributed by atoms with Crippen LogP contribution < -0.4 is 10.6 Å². The quantitative estimate of drug-likeness (QED) is 0.366. The van der Waals surface area contributed by atoms with Crippen LogP contribution in [0.3, 0.4) is 0 Å². The number of amides is 2. The van der Waals surface area contributed by atoms with Crippen molar-refractivity contribution < 1.29 is 27.2 Å². The summed E-state index contributed by atoms with van der Waals surface area (Å²) >= 11 is 0.915. The molecule has 1 atom stereocenters. The van der Waals surface area contributed by atoms with E-state index in [1.54, 1.807) is 31.5 Å². The second-order valence-corrected chi connectivity index (χ2v) is 8.35. The molecule has 4 rings (SSSR count). The van der Waals surface area contributed by atoms with Crippen molar-refractivity contribution in [2.24, 2.45) is 0 Å². The van der Waals surface area contributed by atoms with Crippen LogP contribution in [0.25, 0.3) is 11.3 Å². The number of carbonyl (C=O) groups excluding carboxylic acids is 2. The molecule has 0 aliphatic carbocycles. The van der Waals surface area contributed by atoms with Gasteiger partial charge in [-0.15, -0.1) is 11.3 Å². The van der Waals surface area contributed by atoms with E-state index >= 15 is 0 Å². The van der Waals surface area contributed by atoms with Crippen molar-refractivity contribution >= 4 is 29.0 Å². The Labute approximate surface area is 204 Å². The van der Waals surface area contributed by atoms with E-state index in [0.717, 1.165) is 11.3 Å². The van der Waals surface area contributed by atoms with Crippen LogP contribution in [0.15, 0.2) is 55.4 Å². The monoisotopic (exact) mass is 517 g/mol. The van der Waals surface area contributed by atoms with Gasteiger partial charge >= 0.3 is 6.18 Å². The van der Waals surface area contributed by atoms with Crippen LogP contribution in [0.4, 0.5) is 23.4 Å². The number of nitrogens with one attached hydrogen (secondary N) is 2. The van der Waals surface area contributed by atoms with Gasteiger partial charge in [0, 0.05) is 18.0 Å². The van der Waals surface area contributed by atoms with Crippen LogP contribution in [-0.2, 0) is 6.18 Å². The highest BCUT2D eigenvalue weighted by Crippen LogP contribution is 2.32. The van der Waals surface area contributed by atoms with E-state index in [2.05, 4.69) is 35.6 Å². The Hall–Kier alpha value is -4.33.